The molecule has 0 aliphatic rings. The second-order valence-corrected chi connectivity index (χ2v) is 4.57. The fraction of sp³-hybridized carbons (Fsp3) is 1.00. The largest absolute Gasteiger partial charge is 0.377 e. The van der Waals surface area contributed by atoms with E-state index in [9.17, 15) is 0 Å². The third kappa shape index (κ3) is 10.2. The van der Waals surface area contributed by atoms with E-state index in [2.05, 4.69) is 26.1 Å². The fourth-order valence-electron chi connectivity index (χ4n) is 1.61. The molecule has 0 radical (unpaired) electrons. The maximum atomic E-state index is 5.61. The summed E-state index contributed by atoms with van der Waals surface area (Å²) in [5, 5.41) is 3.32. The predicted octanol–water partition coefficient (Wildman–Crippen LogP) is 3.36. The van der Waals surface area contributed by atoms with Crippen molar-refractivity contribution < 1.29 is 4.74 Å². The van der Waals surface area contributed by atoms with Crippen LogP contribution in [0.25, 0.3) is 0 Å². The van der Waals surface area contributed by atoms with Crippen molar-refractivity contribution in [3.05, 3.63) is 0 Å². The topological polar surface area (TPSA) is 21.3 Å². The molecule has 0 aliphatic heterocycles. The van der Waals surface area contributed by atoms with Gasteiger partial charge in [0, 0.05) is 6.04 Å². The zero-order valence-electron chi connectivity index (χ0n) is 11.0. The number of ether oxygens (including phenoxy) is 1. The summed E-state index contributed by atoms with van der Waals surface area (Å²) in [7, 11) is 2.03. The van der Waals surface area contributed by atoms with E-state index in [-0.39, 0.29) is 0 Å². The van der Waals surface area contributed by atoms with Gasteiger partial charge in [0.1, 0.15) is 0 Å². The lowest BCUT2D eigenvalue weighted by atomic mass is 10.1. The van der Waals surface area contributed by atoms with Gasteiger partial charge in [0.15, 0.2) is 0 Å². The average Bonchev–Trinajstić information content (AvgIpc) is 2.22. The molecule has 0 aromatic rings. The average molecular weight is 215 g/mol. The van der Waals surface area contributed by atoms with Crippen LogP contribution in [0, 0.1) is 0 Å². The van der Waals surface area contributed by atoms with E-state index in [1.54, 1.807) is 0 Å². The highest BCUT2D eigenvalue weighted by atomic mass is 16.5. The first-order chi connectivity index (χ1) is 7.20. The third-order valence-corrected chi connectivity index (χ3v) is 2.70. The Labute approximate surface area is 95.8 Å². The van der Waals surface area contributed by atoms with Crippen LogP contribution in [0.3, 0.4) is 0 Å². The minimum absolute atomic E-state index is 0.348. The Bertz CT molecular complexity index is 126. The van der Waals surface area contributed by atoms with Crippen molar-refractivity contribution in [1.29, 1.82) is 0 Å². The van der Waals surface area contributed by atoms with Gasteiger partial charge in [0.2, 0.25) is 0 Å². The van der Waals surface area contributed by atoms with Crippen LogP contribution in [0.1, 0.15) is 59.3 Å². The number of nitrogens with one attached hydrogen (secondary N) is 1. The summed E-state index contributed by atoms with van der Waals surface area (Å²) >= 11 is 0. The van der Waals surface area contributed by atoms with E-state index in [1.165, 1.54) is 38.5 Å². The van der Waals surface area contributed by atoms with Gasteiger partial charge >= 0.3 is 0 Å². The van der Waals surface area contributed by atoms with Gasteiger partial charge in [-0.2, -0.15) is 0 Å². The second-order valence-electron chi connectivity index (χ2n) is 4.57. The van der Waals surface area contributed by atoms with Crippen LogP contribution in [0.5, 0.6) is 0 Å². The van der Waals surface area contributed by atoms with Crippen LogP contribution in [0.2, 0.25) is 0 Å². The number of unbranched alkanes of at least 4 members (excludes halogenated alkanes) is 4. The highest BCUT2D eigenvalue weighted by Crippen LogP contribution is 2.07. The van der Waals surface area contributed by atoms with Crippen molar-refractivity contribution in [2.24, 2.45) is 0 Å². The van der Waals surface area contributed by atoms with Crippen LogP contribution in [-0.2, 0) is 4.74 Å². The number of hydrogen-bond donors (Lipinski definition) is 1. The van der Waals surface area contributed by atoms with Gasteiger partial charge in [-0.15, -0.1) is 0 Å². The molecular formula is C13H29NO. The Morgan fingerprint density at radius 2 is 1.73 bits per heavy atom. The first kappa shape index (κ1) is 14.9. The monoisotopic (exact) mass is 215 g/mol. The highest BCUT2D eigenvalue weighted by Gasteiger charge is 2.06. The van der Waals surface area contributed by atoms with Crippen molar-refractivity contribution >= 4 is 0 Å². The molecule has 2 heteroatoms. The molecule has 0 aromatic carbocycles. The van der Waals surface area contributed by atoms with Crippen LogP contribution < -0.4 is 5.32 Å². The van der Waals surface area contributed by atoms with Crippen molar-refractivity contribution in [3.8, 4) is 0 Å². The van der Waals surface area contributed by atoms with Crippen molar-refractivity contribution in [2.75, 3.05) is 13.7 Å². The minimum atomic E-state index is 0.348. The second kappa shape index (κ2) is 10.4. The molecule has 0 amide bonds. The Hall–Kier alpha value is -0.0800. The SMILES string of the molecule is CCCCCCCC(COC(C)C)NC. The summed E-state index contributed by atoms with van der Waals surface area (Å²) in [5.41, 5.74) is 0. The zero-order valence-corrected chi connectivity index (χ0v) is 11.0. The Kier molecular flexibility index (Phi) is 10.4. The summed E-state index contributed by atoms with van der Waals surface area (Å²) < 4.78 is 5.61. The lowest BCUT2D eigenvalue weighted by Crippen LogP contribution is -2.31. The highest BCUT2D eigenvalue weighted by molar-refractivity contribution is 4.64. The van der Waals surface area contributed by atoms with Crippen LogP contribution in [0.15, 0.2) is 0 Å². The fourth-order valence-corrected chi connectivity index (χ4v) is 1.61. The molecule has 0 aromatic heterocycles. The lowest BCUT2D eigenvalue weighted by Gasteiger charge is -2.17. The third-order valence-electron chi connectivity index (χ3n) is 2.70. The molecule has 1 N–H and O–H groups in total. The van der Waals surface area contributed by atoms with Gasteiger partial charge in [0.05, 0.1) is 12.7 Å². The molecule has 0 saturated carbocycles. The summed E-state index contributed by atoms with van der Waals surface area (Å²) in [6.45, 7) is 7.29. The molecule has 0 rings (SSSR count). The van der Waals surface area contributed by atoms with Crippen LogP contribution in [0.4, 0.5) is 0 Å². The van der Waals surface area contributed by atoms with Crippen molar-refractivity contribution in [1.82, 2.24) is 5.32 Å². The van der Waals surface area contributed by atoms with E-state index >= 15 is 0 Å². The molecule has 15 heavy (non-hydrogen) atoms. The summed E-state index contributed by atoms with van der Waals surface area (Å²) in [4.78, 5) is 0. The van der Waals surface area contributed by atoms with Crippen LogP contribution in [-0.4, -0.2) is 25.8 Å². The van der Waals surface area contributed by atoms with Gasteiger partial charge in [-0.25, -0.2) is 0 Å². The number of rotatable bonds is 10. The first-order valence-corrected chi connectivity index (χ1v) is 6.49. The van der Waals surface area contributed by atoms with E-state index in [1.807, 2.05) is 7.05 Å². The van der Waals surface area contributed by atoms with Gasteiger partial charge in [-0.1, -0.05) is 39.0 Å². The summed E-state index contributed by atoms with van der Waals surface area (Å²) in [5.74, 6) is 0. The molecule has 0 saturated heterocycles. The Balaban J connectivity index is 3.36. The molecular weight excluding hydrogens is 186 g/mol. The quantitative estimate of drug-likeness (QED) is 0.564. The Morgan fingerprint density at radius 3 is 2.27 bits per heavy atom. The maximum absolute atomic E-state index is 5.61. The molecule has 0 spiro atoms. The smallest absolute Gasteiger partial charge is 0.0622 e. The molecule has 0 heterocycles. The molecule has 0 aliphatic carbocycles. The number of hydrogen-bond acceptors (Lipinski definition) is 2. The van der Waals surface area contributed by atoms with E-state index < -0.39 is 0 Å². The van der Waals surface area contributed by atoms with Crippen LogP contribution >= 0.6 is 0 Å². The molecule has 92 valence electrons. The molecule has 1 unspecified atom stereocenters. The maximum Gasteiger partial charge on any atom is 0.0622 e. The first-order valence-electron chi connectivity index (χ1n) is 6.49. The van der Waals surface area contributed by atoms with Gasteiger partial charge < -0.3 is 10.1 Å². The van der Waals surface area contributed by atoms with E-state index in [0.29, 0.717) is 12.1 Å². The standard InChI is InChI=1S/C13H29NO/c1-5-6-7-8-9-10-13(14-4)11-15-12(2)3/h12-14H,5-11H2,1-4H3. The molecule has 0 fully saturated rings. The van der Waals surface area contributed by atoms with Crippen molar-refractivity contribution in [2.45, 2.75) is 71.4 Å². The van der Waals surface area contributed by atoms with E-state index in [0.717, 1.165) is 6.61 Å². The van der Waals surface area contributed by atoms with Gasteiger partial charge in [-0.3, -0.25) is 0 Å². The normalized spacial score (nSPS) is 13.4. The lowest BCUT2D eigenvalue weighted by molar-refractivity contribution is 0.0606. The van der Waals surface area contributed by atoms with E-state index in [4.69, 9.17) is 4.74 Å². The molecule has 2 nitrogen and oxygen atoms in total. The Morgan fingerprint density at radius 1 is 1.07 bits per heavy atom. The summed E-state index contributed by atoms with van der Waals surface area (Å²) in [6.07, 6.45) is 8.38. The molecule has 0 bridgehead atoms. The van der Waals surface area contributed by atoms with Crippen molar-refractivity contribution in [3.63, 3.8) is 0 Å². The predicted molar refractivity (Wildman–Crippen MR) is 67.3 cm³/mol. The number of likely N-dealkylation sites (N-methyl/N-ethyl adjacent to an activating group) is 1. The summed E-state index contributed by atoms with van der Waals surface area (Å²) in [6, 6.07) is 0.536. The minimum Gasteiger partial charge on any atom is -0.377 e. The van der Waals surface area contributed by atoms with Gasteiger partial charge in [-0.05, 0) is 27.3 Å². The zero-order chi connectivity index (χ0) is 11.5. The van der Waals surface area contributed by atoms with Gasteiger partial charge in [0.25, 0.3) is 0 Å². The molecule has 1 atom stereocenters.